The van der Waals surface area contributed by atoms with Crippen LogP contribution in [-0.4, -0.2) is 67.0 Å². The third kappa shape index (κ3) is 4.41. The van der Waals surface area contributed by atoms with E-state index in [0.29, 0.717) is 18.4 Å². The number of hydrogen-bond acceptors (Lipinski definition) is 3. The van der Waals surface area contributed by atoms with E-state index in [1.54, 1.807) is 7.05 Å². The van der Waals surface area contributed by atoms with Crippen LogP contribution in [0.15, 0.2) is 0 Å². The Labute approximate surface area is 145 Å². The van der Waals surface area contributed by atoms with E-state index in [4.69, 9.17) is 0 Å². The first-order chi connectivity index (χ1) is 11.7. The summed E-state index contributed by atoms with van der Waals surface area (Å²) < 4.78 is 0. The van der Waals surface area contributed by atoms with Crippen LogP contribution in [0.5, 0.6) is 0 Å². The summed E-state index contributed by atoms with van der Waals surface area (Å²) in [6.45, 7) is 3.69. The van der Waals surface area contributed by atoms with E-state index in [0.717, 1.165) is 51.5 Å². The second-order valence-corrected chi connectivity index (χ2v) is 7.68. The average molecular weight is 336 g/mol. The van der Waals surface area contributed by atoms with E-state index in [2.05, 4.69) is 15.5 Å². The lowest BCUT2D eigenvalue weighted by Gasteiger charge is -2.32. The fourth-order valence-corrected chi connectivity index (χ4v) is 4.48. The highest BCUT2D eigenvalue weighted by molar-refractivity contribution is 5.76. The zero-order chi connectivity index (χ0) is 16.9. The predicted octanol–water partition coefficient (Wildman–Crippen LogP) is 1.56. The Morgan fingerprint density at radius 3 is 2.38 bits per heavy atom. The van der Waals surface area contributed by atoms with Crippen molar-refractivity contribution in [1.29, 1.82) is 0 Å². The van der Waals surface area contributed by atoms with Crippen LogP contribution in [0.3, 0.4) is 0 Å². The zero-order valence-electron chi connectivity index (χ0n) is 14.9. The van der Waals surface area contributed by atoms with Crippen LogP contribution in [0.1, 0.15) is 51.4 Å². The normalized spacial score (nSPS) is 26.7. The van der Waals surface area contributed by atoms with Crippen molar-refractivity contribution < 1.29 is 9.59 Å². The van der Waals surface area contributed by atoms with E-state index < -0.39 is 0 Å². The molecule has 0 radical (unpaired) electrons. The maximum absolute atomic E-state index is 12.5. The van der Waals surface area contributed by atoms with Gasteiger partial charge in [0.1, 0.15) is 0 Å². The van der Waals surface area contributed by atoms with Gasteiger partial charge >= 0.3 is 6.03 Å². The highest BCUT2D eigenvalue weighted by atomic mass is 16.2. The summed E-state index contributed by atoms with van der Waals surface area (Å²) in [4.78, 5) is 28.4. The first-order valence-electron chi connectivity index (χ1n) is 9.65. The fraction of sp³-hybridized carbons (Fsp3) is 0.889. The van der Waals surface area contributed by atoms with E-state index in [1.807, 2.05) is 4.90 Å². The Morgan fingerprint density at radius 1 is 1.00 bits per heavy atom. The number of likely N-dealkylation sites (tertiary alicyclic amines) is 2. The maximum Gasteiger partial charge on any atom is 0.317 e. The lowest BCUT2D eigenvalue weighted by Crippen LogP contribution is -2.49. The van der Waals surface area contributed by atoms with Crippen molar-refractivity contribution in [3.8, 4) is 0 Å². The summed E-state index contributed by atoms with van der Waals surface area (Å²) >= 11 is 0. The number of carbonyl (C=O) groups is 2. The minimum atomic E-state index is 0.0895. The first kappa shape index (κ1) is 17.5. The largest absolute Gasteiger partial charge is 0.359 e. The molecular formula is C18H32N4O2. The maximum atomic E-state index is 12.5. The summed E-state index contributed by atoms with van der Waals surface area (Å²) in [6, 6.07) is 1.15. The minimum Gasteiger partial charge on any atom is -0.359 e. The second-order valence-electron chi connectivity index (χ2n) is 7.68. The molecule has 1 aliphatic carbocycles. The Hall–Kier alpha value is -1.30. The number of amides is 3. The molecule has 0 bridgehead atoms. The van der Waals surface area contributed by atoms with Crippen molar-refractivity contribution in [3.63, 3.8) is 0 Å². The molecular weight excluding hydrogens is 304 g/mol. The van der Waals surface area contributed by atoms with Crippen molar-refractivity contribution >= 4 is 11.9 Å². The molecule has 3 fully saturated rings. The van der Waals surface area contributed by atoms with E-state index >= 15 is 0 Å². The monoisotopic (exact) mass is 336 g/mol. The Morgan fingerprint density at radius 2 is 1.71 bits per heavy atom. The quantitative estimate of drug-likeness (QED) is 0.819. The molecule has 1 saturated carbocycles. The van der Waals surface area contributed by atoms with E-state index in [-0.39, 0.29) is 11.9 Å². The predicted molar refractivity (Wildman–Crippen MR) is 93.7 cm³/mol. The molecule has 6 nitrogen and oxygen atoms in total. The topological polar surface area (TPSA) is 64.7 Å². The smallest absolute Gasteiger partial charge is 0.317 e. The molecule has 2 saturated heterocycles. The van der Waals surface area contributed by atoms with Gasteiger partial charge in [-0.2, -0.15) is 0 Å². The lowest BCUT2D eigenvalue weighted by atomic mass is 9.93. The van der Waals surface area contributed by atoms with Gasteiger partial charge in [-0.1, -0.05) is 12.8 Å². The van der Waals surface area contributed by atoms with Gasteiger partial charge in [0.2, 0.25) is 5.91 Å². The van der Waals surface area contributed by atoms with Gasteiger partial charge in [0.15, 0.2) is 0 Å². The van der Waals surface area contributed by atoms with Crippen LogP contribution >= 0.6 is 0 Å². The van der Waals surface area contributed by atoms with Gasteiger partial charge in [-0.25, -0.2) is 4.79 Å². The third-order valence-electron chi connectivity index (χ3n) is 6.04. The molecule has 0 aromatic heterocycles. The van der Waals surface area contributed by atoms with Gasteiger partial charge in [-0.15, -0.1) is 0 Å². The number of nitrogens with zero attached hydrogens (tertiary/aromatic N) is 2. The van der Waals surface area contributed by atoms with Crippen LogP contribution in [-0.2, 0) is 4.79 Å². The van der Waals surface area contributed by atoms with Crippen LogP contribution in [0.25, 0.3) is 0 Å². The molecule has 1 unspecified atom stereocenters. The highest BCUT2D eigenvalue weighted by Gasteiger charge is 2.32. The molecule has 2 N–H and O–H groups in total. The van der Waals surface area contributed by atoms with Gasteiger partial charge in [-0.05, 0) is 38.0 Å². The fourth-order valence-electron chi connectivity index (χ4n) is 4.48. The molecule has 3 rings (SSSR count). The molecule has 136 valence electrons. The number of urea groups is 1. The van der Waals surface area contributed by atoms with Gasteiger partial charge in [-0.3, -0.25) is 9.69 Å². The van der Waals surface area contributed by atoms with Crippen LogP contribution < -0.4 is 10.6 Å². The van der Waals surface area contributed by atoms with Gasteiger partial charge in [0, 0.05) is 51.7 Å². The molecule has 24 heavy (non-hydrogen) atoms. The van der Waals surface area contributed by atoms with Crippen LogP contribution in [0.2, 0.25) is 0 Å². The van der Waals surface area contributed by atoms with Crippen molar-refractivity contribution in [2.45, 2.75) is 63.5 Å². The van der Waals surface area contributed by atoms with Crippen LogP contribution in [0.4, 0.5) is 4.79 Å². The first-order valence-corrected chi connectivity index (χ1v) is 9.65. The SMILES string of the molecule is CNC(=O)CC1CCN(C(=O)NC2CCN(C3CCCC3)C2)CC1. The standard InChI is InChI=1S/C18H32N4O2/c1-19-17(23)12-14-6-9-21(10-7-14)18(24)20-15-8-11-22(13-15)16-4-2-3-5-16/h14-16H,2-13H2,1H3,(H,19,23)(H,20,24). The van der Waals surface area contributed by atoms with Crippen molar-refractivity contribution in [3.05, 3.63) is 0 Å². The van der Waals surface area contributed by atoms with Crippen LogP contribution in [0, 0.1) is 5.92 Å². The van der Waals surface area contributed by atoms with Gasteiger partial charge in [0.05, 0.1) is 0 Å². The van der Waals surface area contributed by atoms with Crippen molar-refractivity contribution in [1.82, 2.24) is 20.4 Å². The highest BCUT2D eigenvalue weighted by Crippen LogP contribution is 2.26. The molecule has 3 aliphatic rings. The number of rotatable bonds is 4. The molecule has 6 heteroatoms. The van der Waals surface area contributed by atoms with Crippen molar-refractivity contribution in [2.24, 2.45) is 5.92 Å². The molecule has 2 aliphatic heterocycles. The molecule has 2 heterocycles. The Balaban J connectivity index is 1.38. The minimum absolute atomic E-state index is 0.0895. The van der Waals surface area contributed by atoms with Gasteiger partial charge < -0.3 is 15.5 Å². The summed E-state index contributed by atoms with van der Waals surface area (Å²) in [5.74, 6) is 0.522. The summed E-state index contributed by atoms with van der Waals surface area (Å²) in [7, 11) is 1.68. The summed E-state index contributed by atoms with van der Waals surface area (Å²) in [6.07, 6.45) is 8.92. The molecule has 0 spiro atoms. The zero-order valence-corrected chi connectivity index (χ0v) is 14.9. The number of piperidine rings is 1. The average Bonchev–Trinajstić information content (AvgIpc) is 3.26. The molecule has 0 aromatic carbocycles. The summed E-state index contributed by atoms with van der Waals surface area (Å²) in [5.41, 5.74) is 0. The Bertz CT molecular complexity index is 442. The number of carbonyl (C=O) groups excluding carboxylic acids is 2. The molecule has 1 atom stereocenters. The lowest BCUT2D eigenvalue weighted by molar-refractivity contribution is -0.121. The van der Waals surface area contributed by atoms with Gasteiger partial charge in [0.25, 0.3) is 0 Å². The summed E-state index contributed by atoms with van der Waals surface area (Å²) in [5, 5.41) is 5.92. The van der Waals surface area contributed by atoms with E-state index in [9.17, 15) is 9.59 Å². The number of nitrogens with one attached hydrogen (secondary N) is 2. The third-order valence-corrected chi connectivity index (χ3v) is 6.04. The Kier molecular flexibility index (Phi) is 5.98. The van der Waals surface area contributed by atoms with E-state index in [1.165, 1.54) is 25.7 Å². The second kappa shape index (κ2) is 8.19. The molecule has 0 aromatic rings. The van der Waals surface area contributed by atoms with Crippen molar-refractivity contribution in [2.75, 3.05) is 33.2 Å². The molecule has 3 amide bonds. The number of hydrogen-bond donors (Lipinski definition) is 2.